The van der Waals surface area contributed by atoms with Crippen molar-refractivity contribution in [3.63, 3.8) is 0 Å². The summed E-state index contributed by atoms with van der Waals surface area (Å²) in [5.41, 5.74) is 2.16. The van der Waals surface area contributed by atoms with Crippen molar-refractivity contribution in [1.29, 1.82) is 0 Å². The number of methoxy groups -OCH3 is 1. The zero-order valence-electron chi connectivity index (χ0n) is 17.1. The topological polar surface area (TPSA) is 94.3 Å². The monoisotopic (exact) mass is 445 g/mol. The fourth-order valence-electron chi connectivity index (χ4n) is 2.99. The second-order valence-electron chi connectivity index (χ2n) is 6.68. The molecule has 1 N–H and O–H groups in total. The first kappa shape index (κ1) is 21.3. The van der Waals surface area contributed by atoms with Crippen LogP contribution >= 0.6 is 11.8 Å². The number of hydrogen-bond acceptors (Lipinski definition) is 7. The van der Waals surface area contributed by atoms with Crippen molar-refractivity contribution in [2.24, 2.45) is 0 Å². The van der Waals surface area contributed by atoms with Gasteiger partial charge in [-0.25, -0.2) is 0 Å². The molecule has 0 fully saturated rings. The van der Waals surface area contributed by atoms with Crippen molar-refractivity contribution in [3.8, 4) is 17.2 Å². The maximum absolute atomic E-state index is 12.8. The number of hydrogen-bond donors (Lipinski definition) is 1. The van der Waals surface area contributed by atoms with Crippen LogP contribution in [0.3, 0.4) is 0 Å². The summed E-state index contributed by atoms with van der Waals surface area (Å²) < 4.78 is 10.8. The molecule has 0 saturated carbocycles. The molecule has 0 spiro atoms. The summed E-state index contributed by atoms with van der Waals surface area (Å²) in [5, 5.41) is 11.1. The van der Waals surface area contributed by atoms with Crippen LogP contribution in [-0.2, 0) is 4.79 Å². The highest BCUT2D eigenvalue weighted by Gasteiger charge is 2.16. The van der Waals surface area contributed by atoms with E-state index < -0.39 is 0 Å². The smallest absolute Gasteiger partial charge is 0.277 e. The lowest BCUT2D eigenvalue weighted by atomic mass is 10.0. The van der Waals surface area contributed by atoms with E-state index in [1.807, 2.05) is 24.3 Å². The second kappa shape index (κ2) is 9.93. The molecule has 32 heavy (non-hydrogen) atoms. The summed E-state index contributed by atoms with van der Waals surface area (Å²) in [6.45, 7) is 0. The van der Waals surface area contributed by atoms with Gasteiger partial charge in [-0.2, -0.15) is 0 Å². The van der Waals surface area contributed by atoms with Gasteiger partial charge in [0.1, 0.15) is 5.75 Å². The minimum absolute atomic E-state index is 0.0492. The summed E-state index contributed by atoms with van der Waals surface area (Å²) in [6.07, 6.45) is 0. The molecule has 1 amide bonds. The number of anilines is 1. The SMILES string of the molecule is COc1cccc(-c2nnc(SCC(=O)Nc3ccccc3C(=O)c3ccccc3)o2)c1. The van der Waals surface area contributed by atoms with E-state index in [-0.39, 0.29) is 22.7 Å². The summed E-state index contributed by atoms with van der Waals surface area (Å²) in [6, 6.07) is 23.1. The van der Waals surface area contributed by atoms with Crippen LogP contribution in [0, 0.1) is 0 Å². The molecule has 160 valence electrons. The van der Waals surface area contributed by atoms with Gasteiger partial charge in [0.15, 0.2) is 5.78 Å². The Morgan fingerprint density at radius 1 is 0.969 bits per heavy atom. The fourth-order valence-corrected chi connectivity index (χ4v) is 3.55. The molecule has 0 unspecified atom stereocenters. The van der Waals surface area contributed by atoms with Gasteiger partial charge < -0.3 is 14.5 Å². The van der Waals surface area contributed by atoms with Gasteiger partial charge in [0.25, 0.3) is 5.22 Å². The molecule has 0 aliphatic heterocycles. The van der Waals surface area contributed by atoms with Gasteiger partial charge in [0.2, 0.25) is 11.8 Å². The number of aromatic nitrogens is 2. The lowest BCUT2D eigenvalue weighted by Crippen LogP contribution is -2.17. The molecule has 4 rings (SSSR count). The minimum atomic E-state index is -0.288. The van der Waals surface area contributed by atoms with Crippen LogP contribution in [0.15, 0.2) is 88.5 Å². The number of nitrogens with one attached hydrogen (secondary N) is 1. The number of benzene rings is 3. The van der Waals surface area contributed by atoms with Crippen LogP contribution in [-0.4, -0.2) is 34.8 Å². The Morgan fingerprint density at radius 3 is 2.56 bits per heavy atom. The molecule has 0 aliphatic rings. The van der Waals surface area contributed by atoms with E-state index in [1.54, 1.807) is 61.7 Å². The molecule has 4 aromatic rings. The molecule has 0 atom stereocenters. The first-order valence-corrected chi connectivity index (χ1v) is 10.7. The first-order chi connectivity index (χ1) is 15.6. The molecule has 1 heterocycles. The van der Waals surface area contributed by atoms with Crippen molar-refractivity contribution < 1.29 is 18.7 Å². The highest BCUT2D eigenvalue weighted by atomic mass is 32.2. The highest BCUT2D eigenvalue weighted by Crippen LogP contribution is 2.26. The lowest BCUT2D eigenvalue weighted by Gasteiger charge is -2.10. The van der Waals surface area contributed by atoms with Gasteiger partial charge in [-0.3, -0.25) is 9.59 Å². The summed E-state index contributed by atoms with van der Waals surface area (Å²) in [7, 11) is 1.58. The molecule has 8 heteroatoms. The van der Waals surface area contributed by atoms with Crippen molar-refractivity contribution in [2.75, 3.05) is 18.2 Å². The van der Waals surface area contributed by atoms with Gasteiger partial charge in [-0.1, -0.05) is 60.3 Å². The molecule has 7 nitrogen and oxygen atoms in total. The van der Waals surface area contributed by atoms with Crippen molar-refractivity contribution in [2.45, 2.75) is 5.22 Å². The Morgan fingerprint density at radius 2 is 1.75 bits per heavy atom. The van der Waals surface area contributed by atoms with Gasteiger partial charge in [-0.15, -0.1) is 10.2 Å². The molecular formula is C24H19N3O4S. The van der Waals surface area contributed by atoms with Crippen LogP contribution in [0.5, 0.6) is 5.75 Å². The average molecular weight is 446 g/mol. The largest absolute Gasteiger partial charge is 0.497 e. The molecule has 3 aromatic carbocycles. The van der Waals surface area contributed by atoms with E-state index in [4.69, 9.17) is 9.15 Å². The number of thioether (sulfide) groups is 1. The number of ketones is 1. The number of ether oxygens (including phenoxy) is 1. The number of carbonyl (C=O) groups excluding carboxylic acids is 2. The van der Waals surface area contributed by atoms with E-state index in [0.717, 1.165) is 17.3 Å². The Balaban J connectivity index is 1.40. The number of para-hydroxylation sites is 1. The van der Waals surface area contributed by atoms with Crippen LogP contribution < -0.4 is 10.1 Å². The number of carbonyl (C=O) groups is 2. The van der Waals surface area contributed by atoms with Gasteiger partial charge in [0.05, 0.1) is 18.6 Å². The summed E-state index contributed by atoms with van der Waals surface area (Å²) in [5.74, 6) is 0.621. The molecule has 0 saturated heterocycles. The van der Waals surface area contributed by atoms with Crippen molar-refractivity contribution >= 4 is 29.1 Å². The van der Waals surface area contributed by atoms with Crippen molar-refractivity contribution in [3.05, 3.63) is 90.0 Å². The Hall–Kier alpha value is -3.91. The quantitative estimate of drug-likeness (QED) is 0.310. The third-order valence-electron chi connectivity index (χ3n) is 4.53. The van der Waals surface area contributed by atoms with E-state index >= 15 is 0 Å². The van der Waals surface area contributed by atoms with Gasteiger partial charge in [0, 0.05) is 16.7 Å². The summed E-state index contributed by atoms with van der Waals surface area (Å²) in [4.78, 5) is 25.3. The number of amides is 1. The van der Waals surface area contributed by atoms with E-state index in [9.17, 15) is 9.59 Å². The third kappa shape index (κ3) is 5.04. The van der Waals surface area contributed by atoms with Crippen LogP contribution in [0.1, 0.15) is 15.9 Å². The van der Waals surface area contributed by atoms with Gasteiger partial charge >= 0.3 is 0 Å². The van der Waals surface area contributed by atoms with E-state index in [2.05, 4.69) is 15.5 Å². The zero-order chi connectivity index (χ0) is 22.3. The number of rotatable bonds is 8. The maximum atomic E-state index is 12.8. The Kier molecular flexibility index (Phi) is 6.62. The van der Waals surface area contributed by atoms with E-state index in [1.165, 1.54) is 0 Å². The zero-order valence-corrected chi connectivity index (χ0v) is 18.0. The van der Waals surface area contributed by atoms with Gasteiger partial charge in [-0.05, 0) is 30.3 Å². The normalized spacial score (nSPS) is 10.5. The Bertz CT molecular complexity index is 1240. The maximum Gasteiger partial charge on any atom is 0.277 e. The minimum Gasteiger partial charge on any atom is -0.497 e. The Labute approximate surface area is 188 Å². The van der Waals surface area contributed by atoms with E-state index in [0.29, 0.717) is 28.5 Å². The van der Waals surface area contributed by atoms with Crippen LogP contribution in [0.4, 0.5) is 5.69 Å². The number of nitrogens with zero attached hydrogens (tertiary/aromatic N) is 2. The van der Waals surface area contributed by atoms with Crippen LogP contribution in [0.25, 0.3) is 11.5 Å². The fraction of sp³-hybridized carbons (Fsp3) is 0.0833. The standard InChI is InChI=1S/C24H19N3O4S/c1-30-18-11-7-10-17(14-18)23-26-27-24(31-23)32-15-21(28)25-20-13-6-5-12-19(20)22(29)16-8-3-2-4-9-16/h2-14H,15H2,1H3,(H,25,28). The average Bonchev–Trinajstić information content (AvgIpc) is 3.32. The van der Waals surface area contributed by atoms with Crippen molar-refractivity contribution in [1.82, 2.24) is 10.2 Å². The lowest BCUT2D eigenvalue weighted by molar-refractivity contribution is -0.113. The first-order valence-electron chi connectivity index (χ1n) is 9.73. The molecule has 0 bridgehead atoms. The molecule has 0 radical (unpaired) electrons. The predicted molar refractivity (Wildman–Crippen MR) is 122 cm³/mol. The molecular weight excluding hydrogens is 426 g/mol. The molecule has 1 aromatic heterocycles. The van der Waals surface area contributed by atoms with Crippen LogP contribution in [0.2, 0.25) is 0 Å². The summed E-state index contributed by atoms with van der Waals surface area (Å²) >= 11 is 1.12. The highest BCUT2D eigenvalue weighted by molar-refractivity contribution is 7.99. The predicted octanol–water partition coefficient (Wildman–Crippen LogP) is 4.71. The molecule has 0 aliphatic carbocycles. The second-order valence-corrected chi connectivity index (χ2v) is 7.61. The third-order valence-corrected chi connectivity index (χ3v) is 5.35.